The number of ether oxygens (including phenoxy) is 1. The second-order valence-electron chi connectivity index (χ2n) is 5.20. The first-order chi connectivity index (χ1) is 11.6. The van der Waals surface area contributed by atoms with Crippen molar-refractivity contribution >= 4 is 17.5 Å². The molecule has 3 rings (SSSR count). The summed E-state index contributed by atoms with van der Waals surface area (Å²) in [4.78, 5) is 12.0. The molecule has 0 atom stereocenters. The number of aryl methyl sites for hydroxylation is 1. The summed E-state index contributed by atoms with van der Waals surface area (Å²) < 4.78 is 16.4. The summed E-state index contributed by atoms with van der Waals surface area (Å²) in [7, 11) is 0. The summed E-state index contributed by atoms with van der Waals surface area (Å²) in [6, 6.07) is 12.4. The van der Waals surface area contributed by atoms with Crippen LogP contribution < -0.4 is 10.1 Å². The normalized spacial score (nSPS) is 10.6. The maximum Gasteiger partial charge on any atom is 0.287 e. The molecule has 0 aliphatic rings. The molecule has 0 radical (unpaired) electrons. The highest BCUT2D eigenvalue weighted by molar-refractivity contribution is 6.32. The Bertz CT molecular complexity index is 803. The molecular formula is C18H16ClNO4. The zero-order valence-corrected chi connectivity index (χ0v) is 13.8. The number of amides is 1. The first kappa shape index (κ1) is 16.2. The van der Waals surface area contributed by atoms with Gasteiger partial charge in [0.05, 0.1) is 17.8 Å². The molecule has 2 aromatic heterocycles. The Labute approximate surface area is 144 Å². The average molecular weight is 346 g/mol. The van der Waals surface area contributed by atoms with Crippen molar-refractivity contribution in [2.45, 2.75) is 20.1 Å². The van der Waals surface area contributed by atoms with Crippen molar-refractivity contribution in [2.24, 2.45) is 0 Å². The second kappa shape index (κ2) is 7.27. The quantitative estimate of drug-likeness (QED) is 0.721. The van der Waals surface area contributed by atoms with Crippen LogP contribution in [0.5, 0.6) is 5.75 Å². The van der Waals surface area contributed by atoms with Gasteiger partial charge >= 0.3 is 0 Å². The fourth-order valence-electron chi connectivity index (χ4n) is 2.19. The molecule has 0 unspecified atom stereocenters. The van der Waals surface area contributed by atoms with E-state index in [2.05, 4.69) is 5.32 Å². The number of carbonyl (C=O) groups is 1. The van der Waals surface area contributed by atoms with E-state index in [-0.39, 0.29) is 18.3 Å². The number of rotatable bonds is 6. The summed E-state index contributed by atoms with van der Waals surface area (Å²) in [5.41, 5.74) is 0.936. The minimum absolute atomic E-state index is 0.191. The zero-order valence-electron chi connectivity index (χ0n) is 13.0. The molecule has 3 aromatic rings. The molecule has 1 N–H and O–H groups in total. The fraction of sp³-hybridized carbons (Fsp3) is 0.167. The Morgan fingerprint density at radius 1 is 1.17 bits per heavy atom. The van der Waals surface area contributed by atoms with Gasteiger partial charge in [0, 0.05) is 0 Å². The number of hydrogen-bond acceptors (Lipinski definition) is 4. The Morgan fingerprint density at radius 3 is 2.79 bits per heavy atom. The van der Waals surface area contributed by atoms with Crippen LogP contribution in [0.3, 0.4) is 0 Å². The average Bonchev–Trinajstić information content (AvgIpc) is 3.24. The lowest BCUT2D eigenvalue weighted by molar-refractivity contribution is 0.0916. The van der Waals surface area contributed by atoms with E-state index in [1.807, 2.05) is 19.1 Å². The van der Waals surface area contributed by atoms with Crippen molar-refractivity contribution in [2.75, 3.05) is 0 Å². The maximum absolute atomic E-state index is 12.0. The van der Waals surface area contributed by atoms with Crippen LogP contribution in [0, 0.1) is 6.92 Å². The third-order valence-corrected chi connectivity index (χ3v) is 3.71. The summed E-state index contributed by atoms with van der Waals surface area (Å²) in [5.74, 6) is 1.73. The van der Waals surface area contributed by atoms with Gasteiger partial charge in [-0.1, -0.05) is 23.7 Å². The molecule has 0 saturated heterocycles. The molecule has 5 nitrogen and oxygen atoms in total. The number of carbonyl (C=O) groups excluding carboxylic acids is 1. The third kappa shape index (κ3) is 3.81. The van der Waals surface area contributed by atoms with Crippen LogP contribution in [-0.2, 0) is 13.2 Å². The van der Waals surface area contributed by atoms with Crippen LogP contribution >= 0.6 is 11.6 Å². The summed E-state index contributed by atoms with van der Waals surface area (Å²) >= 11 is 6.11. The predicted molar refractivity (Wildman–Crippen MR) is 89.1 cm³/mol. The van der Waals surface area contributed by atoms with Crippen molar-refractivity contribution in [3.05, 3.63) is 76.6 Å². The maximum atomic E-state index is 12.0. The molecule has 24 heavy (non-hydrogen) atoms. The van der Waals surface area contributed by atoms with Crippen LogP contribution in [-0.4, -0.2) is 5.91 Å². The molecule has 0 aliphatic heterocycles. The van der Waals surface area contributed by atoms with Crippen molar-refractivity contribution in [3.63, 3.8) is 0 Å². The van der Waals surface area contributed by atoms with E-state index in [4.69, 9.17) is 25.2 Å². The number of para-hydroxylation sites is 1. The Morgan fingerprint density at radius 2 is 2.04 bits per heavy atom. The lowest BCUT2D eigenvalue weighted by atomic mass is 10.2. The SMILES string of the molecule is Cc1cccc(Cl)c1OCc1ccc(C(=O)NCc2ccco2)o1. The van der Waals surface area contributed by atoms with Crippen LogP contribution in [0.15, 0.2) is 57.6 Å². The van der Waals surface area contributed by atoms with Gasteiger partial charge in [0.15, 0.2) is 5.76 Å². The Hall–Kier alpha value is -2.66. The number of nitrogens with one attached hydrogen (secondary N) is 1. The first-order valence-corrected chi connectivity index (χ1v) is 7.78. The minimum atomic E-state index is -0.313. The molecule has 0 bridgehead atoms. The Kier molecular flexibility index (Phi) is 4.91. The summed E-state index contributed by atoms with van der Waals surface area (Å²) in [6.07, 6.45) is 1.56. The van der Waals surface area contributed by atoms with Gasteiger partial charge in [0.2, 0.25) is 0 Å². The largest absolute Gasteiger partial charge is 0.484 e. The highest BCUT2D eigenvalue weighted by Gasteiger charge is 2.13. The Balaban J connectivity index is 1.58. The number of halogens is 1. The molecule has 0 saturated carbocycles. The number of hydrogen-bond donors (Lipinski definition) is 1. The van der Waals surface area contributed by atoms with Gasteiger partial charge in [-0.15, -0.1) is 0 Å². The van der Waals surface area contributed by atoms with Gasteiger partial charge in [0.1, 0.15) is 23.9 Å². The topological polar surface area (TPSA) is 64.6 Å². The summed E-state index contributed by atoms with van der Waals surface area (Å²) in [5, 5.41) is 3.26. The van der Waals surface area contributed by atoms with Gasteiger partial charge < -0.3 is 18.9 Å². The first-order valence-electron chi connectivity index (χ1n) is 7.40. The highest BCUT2D eigenvalue weighted by atomic mass is 35.5. The monoisotopic (exact) mass is 345 g/mol. The zero-order chi connectivity index (χ0) is 16.9. The van der Waals surface area contributed by atoms with Gasteiger partial charge in [-0.25, -0.2) is 0 Å². The molecule has 2 heterocycles. The molecule has 6 heteroatoms. The van der Waals surface area contributed by atoms with Crippen molar-refractivity contribution in [1.82, 2.24) is 5.32 Å². The summed E-state index contributed by atoms with van der Waals surface area (Å²) in [6.45, 7) is 2.41. The molecule has 1 amide bonds. The van der Waals surface area contributed by atoms with Gasteiger partial charge in [-0.3, -0.25) is 4.79 Å². The minimum Gasteiger partial charge on any atom is -0.484 e. The molecular weight excluding hydrogens is 330 g/mol. The second-order valence-corrected chi connectivity index (χ2v) is 5.61. The smallest absolute Gasteiger partial charge is 0.287 e. The molecule has 0 spiro atoms. The lowest BCUT2D eigenvalue weighted by Gasteiger charge is -2.09. The van der Waals surface area contributed by atoms with E-state index in [1.165, 1.54) is 0 Å². The number of benzene rings is 1. The van der Waals surface area contributed by atoms with Crippen LogP contribution in [0.1, 0.15) is 27.6 Å². The molecule has 0 aliphatic carbocycles. The predicted octanol–water partition coefficient (Wildman–Crippen LogP) is 4.34. The van der Waals surface area contributed by atoms with Crippen molar-refractivity contribution < 1.29 is 18.4 Å². The fourth-order valence-corrected chi connectivity index (χ4v) is 2.46. The van der Waals surface area contributed by atoms with Gasteiger partial charge in [-0.2, -0.15) is 0 Å². The van der Waals surface area contributed by atoms with E-state index in [9.17, 15) is 4.79 Å². The van der Waals surface area contributed by atoms with Crippen molar-refractivity contribution in [1.29, 1.82) is 0 Å². The van der Waals surface area contributed by atoms with E-state index in [0.717, 1.165) is 5.56 Å². The van der Waals surface area contributed by atoms with Crippen LogP contribution in [0.4, 0.5) is 0 Å². The molecule has 124 valence electrons. The third-order valence-electron chi connectivity index (χ3n) is 3.41. The number of furan rings is 2. The van der Waals surface area contributed by atoms with Gasteiger partial charge in [0.25, 0.3) is 5.91 Å². The van der Waals surface area contributed by atoms with Crippen molar-refractivity contribution in [3.8, 4) is 5.75 Å². The van der Waals surface area contributed by atoms with E-state index in [1.54, 1.807) is 36.6 Å². The van der Waals surface area contributed by atoms with E-state index in [0.29, 0.717) is 28.8 Å². The van der Waals surface area contributed by atoms with Crippen LogP contribution in [0.25, 0.3) is 0 Å². The lowest BCUT2D eigenvalue weighted by Crippen LogP contribution is -2.21. The molecule has 0 fully saturated rings. The van der Waals surface area contributed by atoms with Crippen LogP contribution in [0.2, 0.25) is 5.02 Å². The van der Waals surface area contributed by atoms with E-state index < -0.39 is 0 Å². The standard InChI is InChI=1S/C18H16ClNO4/c1-12-4-2-6-15(19)17(12)23-11-14-7-8-16(24-14)18(21)20-10-13-5-3-9-22-13/h2-9H,10-11H2,1H3,(H,20,21). The van der Waals surface area contributed by atoms with Gasteiger partial charge in [-0.05, 0) is 42.8 Å². The molecule has 1 aromatic carbocycles. The van der Waals surface area contributed by atoms with E-state index >= 15 is 0 Å². The highest BCUT2D eigenvalue weighted by Crippen LogP contribution is 2.28.